The number of rotatable bonds is 4. The lowest BCUT2D eigenvalue weighted by molar-refractivity contribution is -0.124. The Labute approximate surface area is 91.3 Å². The number of carbonyl (C=O) groups is 2. The second kappa shape index (κ2) is 5.14. The molecule has 1 atom stereocenters. The molecular formula is C11H21NO3. The Hall–Kier alpha value is -1.06. The fourth-order valence-corrected chi connectivity index (χ4v) is 1.63. The Bertz CT molecular complexity index is 243. The first kappa shape index (κ1) is 13.9. The second-order valence-electron chi connectivity index (χ2n) is 4.72. The average molecular weight is 215 g/mol. The van der Waals surface area contributed by atoms with Crippen molar-refractivity contribution in [2.75, 3.05) is 0 Å². The number of ketones is 1. The molecule has 0 aromatic rings. The zero-order valence-electron chi connectivity index (χ0n) is 10.2. The molecule has 0 spiro atoms. The summed E-state index contributed by atoms with van der Waals surface area (Å²) in [7, 11) is 0. The molecule has 88 valence electrons. The lowest BCUT2D eigenvalue weighted by atomic mass is 10.0. The summed E-state index contributed by atoms with van der Waals surface area (Å²) in [4.78, 5) is 23.9. The predicted molar refractivity (Wildman–Crippen MR) is 59.0 cm³/mol. The molecule has 15 heavy (non-hydrogen) atoms. The van der Waals surface area contributed by atoms with Crippen molar-refractivity contribution in [3.63, 3.8) is 0 Å². The Morgan fingerprint density at radius 3 is 2.07 bits per heavy atom. The lowest BCUT2D eigenvalue weighted by Gasteiger charge is -2.37. The van der Waals surface area contributed by atoms with E-state index in [1.54, 1.807) is 27.7 Å². The third kappa shape index (κ3) is 3.90. The Morgan fingerprint density at radius 1 is 1.33 bits per heavy atom. The summed E-state index contributed by atoms with van der Waals surface area (Å²) in [5, 5.41) is 9.07. The molecule has 0 aromatic heterocycles. The van der Waals surface area contributed by atoms with Crippen molar-refractivity contribution in [1.82, 2.24) is 4.90 Å². The van der Waals surface area contributed by atoms with Gasteiger partial charge in [-0.2, -0.15) is 0 Å². The van der Waals surface area contributed by atoms with E-state index in [2.05, 4.69) is 0 Å². The van der Waals surface area contributed by atoms with Gasteiger partial charge in [-0.25, -0.2) is 4.79 Å². The van der Waals surface area contributed by atoms with Crippen LogP contribution in [0.4, 0.5) is 4.79 Å². The van der Waals surface area contributed by atoms with E-state index >= 15 is 0 Å². The number of hydrogen-bond donors (Lipinski definition) is 1. The van der Waals surface area contributed by atoms with Gasteiger partial charge >= 0.3 is 6.09 Å². The first-order valence-corrected chi connectivity index (χ1v) is 5.26. The van der Waals surface area contributed by atoms with Crippen LogP contribution in [0.2, 0.25) is 0 Å². The zero-order valence-corrected chi connectivity index (χ0v) is 10.2. The monoisotopic (exact) mass is 215 g/mol. The van der Waals surface area contributed by atoms with Crippen LogP contribution in [0.3, 0.4) is 0 Å². The van der Waals surface area contributed by atoms with E-state index in [0.29, 0.717) is 6.42 Å². The number of hydrogen-bond acceptors (Lipinski definition) is 2. The van der Waals surface area contributed by atoms with E-state index < -0.39 is 17.7 Å². The van der Waals surface area contributed by atoms with Crippen LogP contribution in [0.1, 0.15) is 47.5 Å². The number of Topliss-reactive ketones (excluding diaryl/α,β-unsaturated/α-hetero) is 1. The topological polar surface area (TPSA) is 57.6 Å². The normalized spacial score (nSPS) is 13.4. The number of amides is 1. The molecule has 0 aliphatic rings. The van der Waals surface area contributed by atoms with E-state index in [1.807, 2.05) is 6.92 Å². The van der Waals surface area contributed by atoms with Crippen LogP contribution in [-0.2, 0) is 4.79 Å². The molecule has 0 heterocycles. The number of nitrogens with zero attached hydrogens (tertiary/aromatic N) is 1. The van der Waals surface area contributed by atoms with Crippen LogP contribution in [0.15, 0.2) is 0 Å². The van der Waals surface area contributed by atoms with E-state index in [0.717, 1.165) is 6.42 Å². The van der Waals surface area contributed by atoms with Crippen molar-refractivity contribution in [3.05, 3.63) is 0 Å². The highest BCUT2D eigenvalue weighted by Gasteiger charge is 2.33. The summed E-state index contributed by atoms with van der Waals surface area (Å²) >= 11 is 0. The molecule has 0 bridgehead atoms. The summed E-state index contributed by atoms with van der Waals surface area (Å²) in [6.07, 6.45) is 0.140. The van der Waals surface area contributed by atoms with Gasteiger partial charge in [0, 0.05) is 12.0 Å². The van der Waals surface area contributed by atoms with Crippen molar-refractivity contribution in [3.8, 4) is 0 Å². The molecule has 0 unspecified atom stereocenters. The van der Waals surface area contributed by atoms with Crippen LogP contribution < -0.4 is 0 Å². The minimum absolute atomic E-state index is 0.0187. The van der Waals surface area contributed by atoms with E-state index in [-0.39, 0.29) is 5.78 Å². The van der Waals surface area contributed by atoms with Crippen LogP contribution in [0.25, 0.3) is 0 Å². The molecule has 0 radical (unpaired) electrons. The predicted octanol–water partition coefficient (Wildman–Crippen LogP) is 2.52. The van der Waals surface area contributed by atoms with Crippen molar-refractivity contribution in [2.24, 2.45) is 0 Å². The summed E-state index contributed by atoms with van der Waals surface area (Å²) in [5.41, 5.74) is -0.547. The second-order valence-corrected chi connectivity index (χ2v) is 4.72. The zero-order chi connectivity index (χ0) is 12.2. The van der Waals surface area contributed by atoms with Gasteiger partial charge in [0.15, 0.2) is 5.78 Å². The van der Waals surface area contributed by atoms with Gasteiger partial charge in [0.1, 0.15) is 0 Å². The van der Waals surface area contributed by atoms with Crippen LogP contribution in [0, 0.1) is 0 Å². The third-order valence-corrected chi connectivity index (χ3v) is 2.28. The minimum atomic E-state index is -1.04. The lowest BCUT2D eigenvalue weighted by Crippen LogP contribution is -2.52. The maximum Gasteiger partial charge on any atom is 0.408 e. The smallest absolute Gasteiger partial charge is 0.408 e. The molecular weight excluding hydrogens is 194 g/mol. The van der Waals surface area contributed by atoms with Gasteiger partial charge in [0.2, 0.25) is 0 Å². The van der Waals surface area contributed by atoms with Gasteiger partial charge in [-0.05, 0) is 34.1 Å². The number of carboxylic acid groups (broad SMARTS) is 1. The van der Waals surface area contributed by atoms with Crippen LogP contribution >= 0.6 is 0 Å². The average Bonchev–Trinajstić information content (AvgIpc) is 2.00. The first-order valence-electron chi connectivity index (χ1n) is 5.26. The maximum atomic E-state index is 11.6. The molecule has 0 aliphatic heterocycles. The van der Waals surface area contributed by atoms with Crippen LogP contribution in [0.5, 0.6) is 0 Å². The summed E-state index contributed by atoms with van der Waals surface area (Å²) in [5.74, 6) is -0.0187. The fourth-order valence-electron chi connectivity index (χ4n) is 1.63. The van der Waals surface area contributed by atoms with Gasteiger partial charge in [-0.1, -0.05) is 6.92 Å². The van der Waals surface area contributed by atoms with E-state index in [1.165, 1.54) is 4.90 Å². The molecule has 0 aromatic carbocycles. The standard InChI is InChI=1S/C11H21NO3/c1-6-7-9(13)8(2)12(10(14)15)11(3,4)5/h8H,6-7H2,1-5H3,(H,14,15)/t8-/m0/s1. The first-order chi connectivity index (χ1) is 6.71. The summed E-state index contributed by atoms with van der Waals surface area (Å²) in [6, 6.07) is -0.567. The van der Waals surface area contributed by atoms with Gasteiger partial charge in [0.05, 0.1) is 6.04 Å². The minimum Gasteiger partial charge on any atom is -0.465 e. The Balaban J connectivity index is 4.79. The molecule has 1 amide bonds. The highest BCUT2D eigenvalue weighted by atomic mass is 16.4. The van der Waals surface area contributed by atoms with Crippen molar-refractivity contribution in [1.29, 1.82) is 0 Å². The largest absolute Gasteiger partial charge is 0.465 e. The third-order valence-electron chi connectivity index (χ3n) is 2.28. The number of carbonyl (C=O) groups excluding carboxylic acids is 1. The Kier molecular flexibility index (Phi) is 4.78. The molecule has 0 saturated heterocycles. The summed E-state index contributed by atoms with van der Waals surface area (Å²) < 4.78 is 0. The SMILES string of the molecule is CCCC(=O)[C@H](C)N(C(=O)O)C(C)(C)C. The molecule has 4 nitrogen and oxygen atoms in total. The molecule has 1 N–H and O–H groups in total. The van der Waals surface area contributed by atoms with Gasteiger partial charge < -0.3 is 5.11 Å². The summed E-state index contributed by atoms with van der Waals surface area (Å²) in [6.45, 7) is 8.93. The Morgan fingerprint density at radius 2 is 1.80 bits per heavy atom. The quantitative estimate of drug-likeness (QED) is 0.784. The van der Waals surface area contributed by atoms with Gasteiger partial charge in [-0.15, -0.1) is 0 Å². The van der Waals surface area contributed by atoms with Crippen molar-refractivity contribution in [2.45, 2.75) is 59.0 Å². The molecule has 4 heteroatoms. The highest BCUT2D eigenvalue weighted by molar-refractivity contribution is 5.86. The van der Waals surface area contributed by atoms with Gasteiger partial charge in [-0.3, -0.25) is 9.69 Å². The van der Waals surface area contributed by atoms with Crippen molar-refractivity contribution >= 4 is 11.9 Å². The van der Waals surface area contributed by atoms with Crippen molar-refractivity contribution < 1.29 is 14.7 Å². The molecule has 0 rings (SSSR count). The molecule has 0 aliphatic carbocycles. The molecule has 0 saturated carbocycles. The fraction of sp³-hybridized carbons (Fsp3) is 0.818. The molecule has 0 fully saturated rings. The van der Waals surface area contributed by atoms with Gasteiger partial charge in [0.25, 0.3) is 0 Å². The maximum absolute atomic E-state index is 11.6. The highest BCUT2D eigenvalue weighted by Crippen LogP contribution is 2.18. The van der Waals surface area contributed by atoms with Crippen LogP contribution in [-0.4, -0.2) is 33.5 Å². The van der Waals surface area contributed by atoms with E-state index in [9.17, 15) is 9.59 Å². The van der Waals surface area contributed by atoms with E-state index in [4.69, 9.17) is 5.11 Å².